The summed E-state index contributed by atoms with van der Waals surface area (Å²) in [4.78, 5) is 24.0. The number of nitrogens with one attached hydrogen (secondary N) is 2. The molecule has 1 aromatic rings. The molecule has 0 saturated heterocycles. The fourth-order valence-corrected chi connectivity index (χ4v) is 3.32. The lowest BCUT2D eigenvalue weighted by Crippen LogP contribution is -2.45. The van der Waals surface area contributed by atoms with Crippen LogP contribution in [0.5, 0.6) is 0 Å². The second-order valence-corrected chi connectivity index (χ2v) is 6.76. The van der Waals surface area contributed by atoms with Crippen LogP contribution in [0.15, 0.2) is 24.3 Å². The summed E-state index contributed by atoms with van der Waals surface area (Å²) in [6, 6.07) is 7.59. The van der Waals surface area contributed by atoms with Crippen LogP contribution in [0.25, 0.3) is 0 Å². The Morgan fingerprint density at radius 2 is 1.95 bits per heavy atom. The predicted molar refractivity (Wildman–Crippen MR) is 91.1 cm³/mol. The third-order valence-corrected chi connectivity index (χ3v) is 4.93. The van der Waals surface area contributed by atoms with Crippen molar-refractivity contribution in [3.8, 4) is 0 Å². The largest absolute Gasteiger partial charge is 0.352 e. The molecule has 0 aromatic heterocycles. The first-order valence-corrected chi connectivity index (χ1v) is 8.48. The van der Waals surface area contributed by atoms with Crippen LogP contribution >= 0.6 is 22.6 Å². The summed E-state index contributed by atoms with van der Waals surface area (Å²) in [7, 11) is 0. The van der Waals surface area contributed by atoms with E-state index in [-0.39, 0.29) is 24.4 Å². The SMILES string of the molecule is C[C@H]1CCCC[C@H]1NC(=O)CNC(=O)c1ccccc1I. The molecule has 21 heavy (non-hydrogen) atoms. The van der Waals surface area contributed by atoms with Crippen LogP contribution in [0, 0.1) is 9.49 Å². The average molecular weight is 400 g/mol. The lowest BCUT2D eigenvalue weighted by molar-refractivity contribution is -0.121. The molecule has 2 atom stereocenters. The highest BCUT2D eigenvalue weighted by Crippen LogP contribution is 2.23. The number of rotatable bonds is 4. The Kier molecular flexibility index (Phi) is 6.02. The Bertz CT molecular complexity index is 519. The van der Waals surface area contributed by atoms with Gasteiger partial charge in [-0.15, -0.1) is 0 Å². The molecule has 2 rings (SSSR count). The van der Waals surface area contributed by atoms with Crippen molar-refractivity contribution in [1.29, 1.82) is 0 Å². The van der Waals surface area contributed by atoms with Crippen LogP contribution < -0.4 is 10.6 Å². The maximum Gasteiger partial charge on any atom is 0.252 e. The molecular weight excluding hydrogens is 379 g/mol. The van der Waals surface area contributed by atoms with Crippen LogP contribution in [0.2, 0.25) is 0 Å². The maximum atomic E-state index is 12.0. The van der Waals surface area contributed by atoms with Gasteiger partial charge in [0.1, 0.15) is 0 Å². The van der Waals surface area contributed by atoms with E-state index in [4.69, 9.17) is 0 Å². The van der Waals surface area contributed by atoms with Gasteiger partial charge in [-0.1, -0.05) is 31.9 Å². The maximum absolute atomic E-state index is 12.0. The van der Waals surface area contributed by atoms with E-state index in [1.54, 1.807) is 6.07 Å². The standard InChI is InChI=1S/C16H21IN2O2/c1-11-6-2-5-9-14(11)19-15(20)10-18-16(21)12-7-3-4-8-13(12)17/h3-4,7-8,11,14H,2,5-6,9-10H2,1H3,(H,18,21)(H,19,20)/t11-,14+/m0/s1. The van der Waals surface area contributed by atoms with Crippen molar-refractivity contribution < 1.29 is 9.59 Å². The molecule has 0 heterocycles. The Morgan fingerprint density at radius 1 is 1.24 bits per heavy atom. The summed E-state index contributed by atoms with van der Waals surface area (Å²) in [5.74, 6) is 0.216. The van der Waals surface area contributed by atoms with Crippen LogP contribution in [-0.4, -0.2) is 24.4 Å². The number of amides is 2. The molecule has 1 aromatic carbocycles. The number of hydrogen-bond donors (Lipinski definition) is 2. The van der Waals surface area contributed by atoms with E-state index in [2.05, 4.69) is 40.1 Å². The van der Waals surface area contributed by atoms with Crippen molar-refractivity contribution in [2.45, 2.75) is 38.6 Å². The third kappa shape index (κ3) is 4.69. The topological polar surface area (TPSA) is 58.2 Å². The summed E-state index contributed by atoms with van der Waals surface area (Å²) in [6.45, 7) is 2.21. The minimum atomic E-state index is -0.202. The van der Waals surface area contributed by atoms with Gasteiger partial charge in [-0.2, -0.15) is 0 Å². The molecule has 1 aliphatic carbocycles. The van der Waals surface area contributed by atoms with Crippen molar-refractivity contribution in [1.82, 2.24) is 10.6 Å². The molecule has 5 heteroatoms. The normalized spacial score (nSPS) is 21.6. The van der Waals surface area contributed by atoms with Crippen molar-refractivity contribution in [2.24, 2.45) is 5.92 Å². The summed E-state index contributed by atoms with van der Waals surface area (Å²) >= 11 is 2.12. The first kappa shape index (κ1) is 16.3. The first-order valence-electron chi connectivity index (χ1n) is 7.40. The van der Waals surface area contributed by atoms with Crippen LogP contribution in [0.1, 0.15) is 43.0 Å². The Hall–Kier alpha value is -1.11. The quantitative estimate of drug-likeness (QED) is 0.764. The summed E-state index contributed by atoms with van der Waals surface area (Å²) in [5, 5.41) is 5.72. The van der Waals surface area contributed by atoms with E-state index in [9.17, 15) is 9.59 Å². The van der Waals surface area contributed by atoms with Gasteiger partial charge in [-0.3, -0.25) is 9.59 Å². The Labute approximate surface area is 139 Å². The molecule has 2 N–H and O–H groups in total. The predicted octanol–water partition coefficient (Wildman–Crippen LogP) is 2.72. The second kappa shape index (κ2) is 7.77. The second-order valence-electron chi connectivity index (χ2n) is 5.60. The zero-order chi connectivity index (χ0) is 15.2. The lowest BCUT2D eigenvalue weighted by atomic mass is 9.86. The highest BCUT2D eigenvalue weighted by atomic mass is 127. The lowest BCUT2D eigenvalue weighted by Gasteiger charge is -2.29. The third-order valence-electron chi connectivity index (χ3n) is 3.99. The monoisotopic (exact) mass is 400 g/mol. The molecule has 2 amide bonds. The van der Waals surface area contributed by atoms with Gasteiger partial charge < -0.3 is 10.6 Å². The van der Waals surface area contributed by atoms with Gasteiger partial charge in [0, 0.05) is 9.61 Å². The van der Waals surface area contributed by atoms with Crippen molar-refractivity contribution in [2.75, 3.05) is 6.54 Å². The fourth-order valence-electron chi connectivity index (χ4n) is 2.69. The molecular formula is C16H21IN2O2. The van der Waals surface area contributed by atoms with Gasteiger partial charge in [0.2, 0.25) is 5.91 Å². The van der Waals surface area contributed by atoms with E-state index in [1.165, 1.54) is 19.3 Å². The van der Waals surface area contributed by atoms with Crippen molar-refractivity contribution in [3.63, 3.8) is 0 Å². The number of hydrogen-bond acceptors (Lipinski definition) is 2. The Balaban J connectivity index is 1.81. The molecule has 1 saturated carbocycles. The highest BCUT2D eigenvalue weighted by Gasteiger charge is 2.22. The number of halogens is 1. The van der Waals surface area contributed by atoms with E-state index >= 15 is 0 Å². The number of carbonyl (C=O) groups is 2. The van der Waals surface area contributed by atoms with Gasteiger partial charge in [0.05, 0.1) is 12.1 Å². The first-order chi connectivity index (χ1) is 10.1. The van der Waals surface area contributed by atoms with Gasteiger partial charge in [0.25, 0.3) is 5.91 Å². The van der Waals surface area contributed by atoms with Gasteiger partial charge in [-0.25, -0.2) is 0 Å². The summed E-state index contributed by atoms with van der Waals surface area (Å²) in [6.07, 6.45) is 4.62. The fraction of sp³-hybridized carbons (Fsp3) is 0.500. The Morgan fingerprint density at radius 3 is 2.67 bits per heavy atom. The minimum Gasteiger partial charge on any atom is -0.352 e. The van der Waals surface area contributed by atoms with Crippen LogP contribution in [0.4, 0.5) is 0 Å². The molecule has 1 aliphatic rings. The highest BCUT2D eigenvalue weighted by molar-refractivity contribution is 14.1. The number of carbonyl (C=O) groups excluding carboxylic acids is 2. The summed E-state index contributed by atoms with van der Waals surface area (Å²) in [5.41, 5.74) is 0.608. The van der Waals surface area contributed by atoms with Gasteiger partial charge in [0.15, 0.2) is 0 Å². The minimum absolute atomic E-state index is 0.0347. The molecule has 1 fully saturated rings. The van der Waals surface area contributed by atoms with E-state index < -0.39 is 0 Å². The van der Waals surface area contributed by atoms with Crippen LogP contribution in [0.3, 0.4) is 0 Å². The smallest absolute Gasteiger partial charge is 0.252 e. The zero-order valence-electron chi connectivity index (χ0n) is 12.2. The van der Waals surface area contributed by atoms with E-state index in [1.807, 2.05) is 18.2 Å². The van der Waals surface area contributed by atoms with E-state index in [0.29, 0.717) is 11.5 Å². The number of benzene rings is 1. The average Bonchev–Trinajstić information content (AvgIpc) is 2.48. The molecule has 114 valence electrons. The van der Waals surface area contributed by atoms with Gasteiger partial charge >= 0.3 is 0 Å². The molecule has 0 aliphatic heterocycles. The summed E-state index contributed by atoms with van der Waals surface area (Å²) < 4.78 is 0.883. The molecule has 0 radical (unpaired) electrons. The van der Waals surface area contributed by atoms with E-state index in [0.717, 1.165) is 9.99 Å². The van der Waals surface area contributed by atoms with Crippen LogP contribution in [-0.2, 0) is 4.79 Å². The molecule has 0 bridgehead atoms. The van der Waals surface area contributed by atoms with Crippen molar-refractivity contribution in [3.05, 3.63) is 33.4 Å². The van der Waals surface area contributed by atoms with Crippen molar-refractivity contribution >= 4 is 34.4 Å². The molecule has 0 spiro atoms. The molecule has 0 unspecified atom stereocenters. The zero-order valence-corrected chi connectivity index (χ0v) is 14.4. The molecule has 4 nitrogen and oxygen atoms in total. The van der Waals surface area contributed by atoms with Gasteiger partial charge in [-0.05, 0) is 53.5 Å².